The van der Waals surface area contributed by atoms with Crippen LogP contribution in [-0.4, -0.2) is 70.6 Å². The number of aliphatic hydroxyl groups excluding tert-OH is 1. The first kappa shape index (κ1) is 23.3. The highest BCUT2D eigenvalue weighted by atomic mass is 16.4. The number of aliphatic hydroxyl groups is 1. The number of carbonyl (C=O) groups excluding carboxylic acids is 4. The minimum absolute atomic E-state index is 0.152. The predicted octanol–water partition coefficient (Wildman–Crippen LogP) is -3.85. The lowest BCUT2D eigenvalue weighted by atomic mass is 10.1. The van der Waals surface area contributed by atoms with Gasteiger partial charge < -0.3 is 37.6 Å². The van der Waals surface area contributed by atoms with Gasteiger partial charge in [0.25, 0.3) is 0 Å². The van der Waals surface area contributed by atoms with Crippen LogP contribution in [0.2, 0.25) is 0 Å². The SMILES string of the molecule is CC(NC(=O)C(N)C(C)O)C(=O)NC(CCC(N)=O)C(=O)NCC(=O)O. The van der Waals surface area contributed by atoms with Crippen LogP contribution in [0.1, 0.15) is 26.7 Å². The lowest BCUT2D eigenvalue weighted by Gasteiger charge is -2.22. The molecule has 12 nitrogen and oxygen atoms in total. The zero-order chi connectivity index (χ0) is 20.4. The lowest BCUT2D eigenvalue weighted by Crippen LogP contribution is -2.56. The third kappa shape index (κ3) is 8.94. The molecule has 0 aromatic carbocycles. The standard InChI is InChI=1S/C14H25N5O7/c1-6(18-14(26)11(16)7(2)20)12(24)19-8(3-4-9(15)21)13(25)17-5-10(22)23/h6-8,11,20H,3-5,16H2,1-2H3,(H2,15,21)(H,17,25)(H,18,26)(H,19,24)(H,22,23). The van der Waals surface area contributed by atoms with E-state index in [1.165, 1.54) is 13.8 Å². The van der Waals surface area contributed by atoms with Crippen LogP contribution in [0, 0.1) is 0 Å². The van der Waals surface area contributed by atoms with Gasteiger partial charge in [-0.3, -0.25) is 24.0 Å². The van der Waals surface area contributed by atoms with E-state index in [9.17, 15) is 29.1 Å². The summed E-state index contributed by atoms with van der Waals surface area (Å²) in [6, 6.07) is -3.57. The van der Waals surface area contributed by atoms with Crippen molar-refractivity contribution >= 4 is 29.6 Å². The van der Waals surface area contributed by atoms with Gasteiger partial charge in [-0.1, -0.05) is 0 Å². The highest BCUT2D eigenvalue weighted by molar-refractivity contribution is 5.93. The molecule has 4 amide bonds. The number of nitrogens with two attached hydrogens (primary N) is 2. The molecule has 12 heteroatoms. The normalized spacial score (nSPS) is 15.1. The molecule has 0 saturated heterocycles. The van der Waals surface area contributed by atoms with E-state index in [0.29, 0.717) is 0 Å². The molecule has 0 aliphatic rings. The Labute approximate surface area is 149 Å². The Morgan fingerprint density at radius 3 is 2.04 bits per heavy atom. The second kappa shape index (κ2) is 11.0. The average Bonchev–Trinajstić information content (AvgIpc) is 2.54. The second-order valence-corrected chi connectivity index (χ2v) is 5.67. The van der Waals surface area contributed by atoms with Crippen molar-refractivity contribution in [2.24, 2.45) is 11.5 Å². The molecule has 0 aromatic rings. The molecule has 0 bridgehead atoms. The van der Waals surface area contributed by atoms with Crippen molar-refractivity contribution in [3.05, 3.63) is 0 Å². The molecule has 9 N–H and O–H groups in total. The maximum atomic E-state index is 12.1. The summed E-state index contributed by atoms with van der Waals surface area (Å²) in [6.45, 7) is 1.96. The fourth-order valence-corrected chi connectivity index (χ4v) is 1.73. The Hall–Kier alpha value is -2.73. The molecular formula is C14H25N5O7. The molecule has 4 unspecified atom stereocenters. The first-order chi connectivity index (χ1) is 12.0. The molecule has 0 radical (unpaired) electrons. The average molecular weight is 375 g/mol. The van der Waals surface area contributed by atoms with E-state index in [2.05, 4.69) is 16.0 Å². The summed E-state index contributed by atoms with van der Waals surface area (Å²) in [5.74, 6) is -4.35. The Bertz CT molecular complexity index is 552. The molecule has 0 rings (SSSR count). The molecule has 0 heterocycles. The van der Waals surface area contributed by atoms with Crippen molar-refractivity contribution in [3.8, 4) is 0 Å². The minimum atomic E-state index is -1.29. The van der Waals surface area contributed by atoms with Gasteiger partial charge in [0.1, 0.15) is 24.7 Å². The quantitative estimate of drug-likeness (QED) is 0.189. The highest BCUT2D eigenvalue weighted by Crippen LogP contribution is 1.99. The lowest BCUT2D eigenvalue weighted by molar-refractivity contribution is -0.138. The third-order valence-electron chi connectivity index (χ3n) is 3.30. The summed E-state index contributed by atoms with van der Waals surface area (Å²) in [5.41, 5.74) is 10.5. The fraction of sp³-hybridized carbons (Fsp3) is 0.643. The number of carboxylic acid groups (broad SMARTS) is 1. The number of primary amides is 1. The topological polar surface area (TPSA) is 214 Å². The van der Waals surface area contributed by atoms with Gasteiger partial charge in [0.2, 0.25) is 23.6 Å². The maximum Gasteiger partial charge on any atom is 0.322 e. The van der Waals surface area contributed by atoms with Gasteiger partial charge in [0.15, 0.2) is 0 Å². The maximum absolute atomic E-state index is 12.1. The van der Waals surface area contributed by atoms with Crippen molar-refractivity contribution in [1.82, 2.24) is 16.0 Å². The van der Waals surface area contributed by atoms with Crippen molar-refractivity contribution < 1.29 is 34.2 Å². The second-order valence-electron chi connectivity index (χ2n) is 5.67. The summed E-state index contributed by atoms with van der Waals surface area (Å²) < 4.78 is 0. The van der Waals surface area contributed by atoms with E-state index in [1.807, 2.05) is 0 Å². The van der Waals surface area contributed by atoms with Crippen LogP contribution in [0.15, 0.2) is 0 Å². The van der Waals surface area contributed by atoms with Crippen molar-refractivity contribution in [1.29, 1.82) is 0 Å². The summed E-state index contributed by atoms with van der Waals surface area (Å²) in [5, 5.41) is 24.5. The van der Waals surface area contributed by atoms with Crippen LogP contribution in [0.3, 0.4) is 0 Å². The van der Waals surface area contributed by atoms with Crippen LogP contribution in [0.25, 0.3) is 0 Å². The molecular weight excluding hydrogens is 350 g/mol. The van der Waals surface area contributed by atoms with E-state index < -0.39 is 60.4 Å². The van der Waals surface area contributed by atoms with Gasteiger partial charge in [-0.2, -0.15) is 0 Å². The van der Waals surface area contributed by atoms with Gasteiger partial charge in [0.05, 0.1) is 6.10 Å². The molecule has 4 atom stereocenters. The Morgan fingerprint density at radius 1 is 1.00 bits per heavy atom. The molecule has 0 aliphatic heterocycles. The minimum Gasteiger partial charge on any atom is -0.480 e. The number of carbonyl (C=O) groups is 5. The van der Waals surface area contributed by atoms with Crippen LogP contribution in [-0.2, 0) is 24.0 Å². The van der Waals surface area contributed by atoms with E-state index in [1.54, 1.807) is 0 Å². The number of hydrogen-bond acceptors (Lipinski definition) is 7. The van der Waals surface area contributed by atoms with Gasteiger partial charge in [-0.15, -0.1) is 0 Å². The molecule has 148 valence electrons. The zero-order valence-corrected chi connectivity index (χ0v) is 14.5. The number of amides is 4. The van der Waals surface area contributed by atoms with Gasteiger partial charge in [-0.05, 0) is 20.3 Å². The molecule has 0 spiro atoms. The number of aliphatic carboxylic acids is 1. The van der Waals surface area contributed by atoms with Gasteiger partial charge in [-0.25, -0.2) is 0 Å². The summed E-state index contributed by atoms with van der Waals surface area (Å²) >= 11 is 0. The monoisotopic (exact) mass is 375 g/mol. The van der Waals surface area contributed by atoms with Crippen LogP contribution >= 0.6 is 0 Å². The van der Waals surface area contributed by atoms with Crippen molar-refractivity contribution in [2.45, 2.75) is 50.9 Å². The molecule has 0 fully saturated rings. The largest absolute Gasteiger partial charge is 0.480 e. The summed E-state index contributed by atoms with van der Waals surface area (Å²) in [4.78, 5) is 57.2. The highest BCUT2D eigenvalue weighted by Gasteiger charge is 2.27. The first-order valence-corrected chi connectivity index (χ1v) is 7.77. The van der Waals surface area contributed by atoms with Gasteiger partial charge in [0, 0.05) is 6.42 Å². The number of nitrogens with one attached hydrogen (secondary N) is 3. The number of carboxylic acids is 1. The third-order valence-corrected chi connectivity index (χ3v) is 3.30. The van der Waals surface area contributed by atoms with Crippen LogP contribution in [0.5, 0.6) is 0 Å². The Balaban J connectivity index is 4.86. The molecule has 0 saturated carbocycles. The van der Waals surface area contributed by atoms with E-state index in [-0.39, 0.29) is 12.8 Å². The summed E-state index contributed by atoms with van der Waals surface area (Å²) in [7, 11) is 0. The van der Waals surface area contributed by atoms with Crippen molar-refractivity contribution in [2.75, 3.05) is 6.54 Å². The first-order valence-electron chi connectivity index (χ1n) is 7.77. The van der Waals surface area contributed by atoms with E-state index in [4.69, 9.17) is 16.6 Å². The predicted molar refractivity (Wildman–Crippen MR) is 88.3 cm³/mol. The Morgan fingerprint density at radius 2 is 1.58 bits per heavy atom. The van der Waals surface area contributed by atoms with E-state index in [0.717, 1.165) is 0 Å². The zero-order valence-electron chi connectivity index (χ0n) is 14.5. The molecule has 0 aliphatic carbocycles. The van der Waals surface area contributed by atoms with Gasteiger partial charge >= 0.3 is 5.97 Å². The van der Waals surface area contributed by atoms with Crippen molar-refractivity contribution in [3.63, 3.8) is 0 Å². The molecule has 0 aromatic heterocycles. The fourth-order valence-electron chi connectivity index (χ4n) is 1.73. The number of hydrogen-bond donors (Lipinski definition) is 7. The molecule has 26 heavy (non-hydrogen) atoms. The smallest absolute Gasteiger partial charge is 0.322 e. The number of rotatable bonds is 11. The van der Waals surface area contributed by atoms with Crippen LogP contribution < -0.4 is 27.4 Å². The summed E-state index contributed by atoms with van der Waals surface area (Å²) in [6.07, 6.45) is -1.50. The van der Waals surface area contributed by atoms with Crippen LogP contribution in [0.4, 0.5) is 0 Å². The van der Waals surface area contributed by atoms with E-state index >= 15 is 0 Å². The Kier molecular flexibility index (Phi) is 9.84.